The summed E-state index contributed by atoms with van der Waals surface area (Å²) in [5, 5.41) is 4.80. The van der Waals surface area contributed by atoms with E-state index in [1.807, 2.05) is 31.2 Å². The van der Waals surface area contributed by atoms with E-state index in [9.17, 15) is 4.79 Å². The molecule has 0 saturated carbocycles. The monoisotopic (exact) mass is 214 g/mol. The van der Waals surface area contributed by atoms with Crippen molar-refractivity contribution in [2.45, 2.75) is 13.3 Å². The molecule has 1 aromatic heterocycles. The molecule has 82 valence electrons. The van der Waals surface area contributed by atoms with Crippen LogP contribution >= 0.6 is 0 Å². The van der Waals surface area contributed by atoms with E-state index in [1.54, 1.807) is 12.4 Å². The number of benzene rings is 1. The number of nitrogens with one attached hydrogen (secondary N) is 1. The molecule has 0 aliphatic heterocycles. The third-order valence-corrected chi connectivity index (χ3v) is 2.45. The van der Waals surface area contributed by atoms with Gasteiger partial charge in [-0.15, -0.1) is 0 Å². The van der Waals surface area contributed by atoms with E-state index < -0.39 is 0 Å². The Morgan fingerprint density at radius 3 is 2.94 bits per heavy atom. The van der Waals surface area contributed by atoms with Gasteiger partial charge in [0, 0.05) is 24.3 Å². The fourth-order valence-electron chi connectivity index (χ4n) is 1.63. The minimum absolute atomic E-state index is 0.0499. The van der Waals surface area contributed by atoms with E-state index in [1.165, 1.54) is 0 Å². The molecule has 0 spiro atoms. The highest BCUT2D eigenvalue weighted by atomic mass is 16.1. The van der Waals surface area contributed by atoms with Crippen LogP contribution in [0.3, 0.4) is 0 Å². The maximum absolute atomic E-state index is 11.9. The summed E-state index contributed by atoms with van der Waals surface area (Å²) >= 11 is 0. The lowest BCUT2D eigenvalue weighted by atomic mass is 10.1. The summed E-state index contributed by atoms with van der Waals surface area (Å²) in [6.45, 7) is 2.73. The normalized spacial score (nSPS) is 10.3. The molecule has 2 rings (SSSR count). The highest BCUT2D eigenvalue weighted by Crippen LogP contribution is 2.16. The van der Waals surface area contributed by atoms with Gasteiger partial charge in [0.05, 0.1) is 5.56 Å². The van der Waals surface area contributed by atoms with Gasteiger partial charge in [-0.05, 0) is 11.8 Å². The molecule has 3 nitrogen and oxygen atoms in total. The molecule has 0 atom stereocenters. The largest absolute Gasteiger partial charge is 0.352 e. The van der Waals surface area contributed by atoms with Gasteiger partial charge in [-0.1, -0.05) is 31.2 Å². The van der Waals surface area contributed by atoms with Gasteiger partial charge in [0.2, 0.25) is 0 Å². The van der Waals surface area contributed by atoms with Crippen LogP contribution < -0.4 is 5.32 Å². The summed E-state index contributed by atoms with van der Waals surface area (Å²) in [5.74, 6) is -0.0499. The first kappa shape index (κ1) is 10.6. The molecule has 2 aromatic rings. The molecule has 0 bridgehead atoms. The SMILES string of the molecule is CCCNC(=O)c1cncc2ccccc12. The van der Waals surface area contributed by atoms with Gasteiger partial charge in [-0.3, -0.25) is 9.78 Å². The highest BCUT2D eigenvalue weighted by molar-refractivity contribution is 6.06. The van der Waals surface area contributed by atoms with E-state index >= 15 is 0 Å². The predicted molar refractivity (Wildman–Crippen MR) is 64.4 cm³/mol. The van der Waals surface area contributed by atoms with Crippen molar-refractivity contribution in [1.29, 1.82) is 0 Å². The van der Waals surface area contributed by atoms with Gasteiger partial charge in [0.15, 0.2) is 0 Å². The minimum atomic E-state index is -0.0499. The van der Waals surface area contributed by atoms with Gasteiger partial charge in [0.1, 0.15) is 0 Å². The average Bonchev–Trinajstić information content (AvgIpc) is 2.35. The molecule has 1 aromatic carbocycles. The average molecular weight is 214 g/mol. The van der Waals surface area contributed by atoms with E-state index in [0.717, 1.165) is 17.2 Å². The van der Waals surface area contributed by atoms with E-state index in [4.69, 9.17) is 0 Å². The Morgan fingerprint density at radius 2 is 2.12 bits per heavy atom. The molecular formula is C13H14N2O. The zero-order chi connectivity index (χ0) is 11.4. The number of carbonyl (C=O) groups is 1. The Hall–Kier alpha value is -1.90. The summed E-state index contributed by atoms with van der Waals surface area (Å²) in [5.41, 5.74) is 0.645. The number of hydrogen-bond acceptors (Lipinski definition) is 2. The molecular weight excluding hydrogens is 200 g/mol. The van der Waals surface area contributed by atoms with Gasteiger partial charge < -0.3 is 5.32 Å². The van der Waals surface area contributed by atoms with Crippen molar-refractivity contribution in [1.82, 2.24) is 10.3 Å². The maximum atomic E-state index is 11.9. The number of pyridine rings is 1. The molecule has 0 radical (unpaired) electrons. The fraction of sp³-hybridized carbons (Fsp3) is 0.231. The number of fused-ring (bicyclic) bond motifs is 1. The van der Waals surface area contributed by atoms with Gasteiger partial charge in [-0.2, -0.15) is 0 Å². The fourth-order valence-corrected chi connectivity index (χ4v) is 1.63. The number of carbonyl (C=O) groups excluding carboxylic acids is 1. The highest BCUT2D eigenvalue weighted by Gasteiger charge is 2.08. The van der Waals surface area contributed by atoms with Crippen molar-refractivity contribution < 1.29 is 4.79 Å². The lowest BCUT2D eigenvalue weighted by Gasteiger charge is -2.06. The van der Waals surface area contributed by atoms with E-state index in [2.05, 4.69) is 10.3 Å². The molecule has 3 heteroatoms. The van der Waals surface area contributed by atoms with Crippen molar-refractivity contribution in [3.05, 3.63) is 42.2 Å². The van der Waals surface area contributed by atoms with E-state index in [0.29, 0.717) is 12.1 Å². The van der Waals surface area contributed by atoms with Crippen LogP contribution in [0.15, 0.2) is 36.7 Å². The van der Waals surface area contributed by atoms with Crippen LogP contribution in [0.4, 0.5) is 0 Å². The second-order valence-electron chi connectivity index (χ2n) is 3.66. The maximum Gasteiger partial charge on any atom is 0.253 e. The van der Waals surface area contributed by atoms with Gasteiger partial charge in [-0.25, -0.2) is 0 Å². The van der Waals surface area contributed by atoms with Crippen molar-refractivity contribution in [2.24, 2.45) is 0 Å². The Balaban J connectivity index is 2.40. The van der Waals surface area contributed by atoms with Crippen LogP contribution in [-0.4, -0.2) is 17.4 Å². The standard InChI is InChI=1S/C13H14N2O/c1-2-7-15-13(16)12-9-14-8-10-5-3-4-6-11(10)12/h3-6,8-9H,2,7H2,1H3,(H,15,16). The molecule has 0 fully saturated rings. The smallest absolute Gasteiger partial charge is 0.253 e. The van der Waals surface area contributed by atoms with Crippen LogP contribution in [0.5, 0.6) is 0 Å². The van der Waals surface area contributed by atoms with Crippen LogP contribution in [-0.2, 0) is 0 Å². The number of aromatic nitrogens is 1. The summed E-state index contributed by atoms with van der Waals surface area (Å²) in [6.07, 6.45) is 4.32. The van der Waals surface area contributed by atoms with Crippen LogP contribution in [0.2, 0.25) is 0 Å². The van der Waals surface area contributed by atoms with Crippen LogP contribution in [0.1, 0.15) is 23.7 Å². The number of amides is 1. The number of nitrogens with zero attached hydrogens (tertiary/aromatic N) is 1. The van der Waals surface area contributed by atoms with Crippen molar-refractivity contribution >= 4 is 16.7 Å². The zero-order valence-corrected chi connectivity index (χ0v) is 9.23. The van der Waals surface area contributed by atoms with Gasteiger partial charge >= 0.3 is 0 Å². The number of rotatable bonds is 3. The Bertz CT molecular complexity index is 503. The predicted octanol–water partition coefficient (Wildman–Crippen LogP) is 2.37. The lowest BCUT2D eigenvalue weighted by Crippen LogP contribution is -2.24. The molecule has 1 N–H and O–H groups in total. The van der Waals surface area contributed by atoms with Crippen molar-refractivity contribution in [3.8, 4) is 0 Å². The minimum Gasteiger partial charge on any atom is -0.352 e. The molecule has 16 heavy (non-hydrogen) atoms. The van der Waals surface area contributed by atoms with Crippen molar-refractivity contribution in [2.75, 3.05) is 6.54 Å². The lowest BCUT2D eigenvalue weighted by molar-refractivity contribution is 0.0955. The first-order valence-corrected chi connectivity index (χ1v) is 5.44. The zero-order valence-electron chi connectivity index (χ0n) is 9.23. The molecule has 0 aliphatic carbocycles. The second kappa shape index (κ2) is 4.75. The summed E-state index contributed by atoms with van der Waals surface area (Å²) in [4.78, 5) is 15.9. The summed E-state index contributed by atoms with van der Waals surface area (Å²) in [7, 11) is 0. The van der Waals surface area contributed by atoms with E-state index in [-0.39, 0.29) is 5.91 Å². The Kier molecular flexibility index (Phi) is 3.15. The number of hydrogen-bond donors (Lipinski definition) is 1. The van der Waals surface area contributed by atoms with Crippen molar-refractivity contribution in [3.63, 3.8) is 0 Å². The van der Waals surface area contributed by atoms with Crippen LogP contribution in [0, 0.1) is 0 Å². The quantitative estimate of drug-likeness (QED) is 0.852. The molecule has 0 unspecified atom stereocenters. The first-order valence-electron chi connectivity index (χ1n) is 5.44. The summed E-state index contributed by atoms with van der Waals surface area (Å²) in [6, 6.07) is 7.77. The third kappa shape index (κ3) is 2.03. The molecule has 0 saturated heterocycles. The third-order valence-electron chi connectivity index (χ3n) is 2.45. The topological polar surface area (TPSA) is 42.0 Å². The first-order chi connectivity index (χ1) is 7.83. The summed E-state index contributed by atoms with van der Waals surface area (Å²) < 4.78 is 0. The second-order valence-corrected chi connectivity index (χ2v) is 3.66. The molecule has 1 heterocycles. The molecule has 1 amide bonds. The Labute approximate surface area is 94.5 Å². The Morgan fingerprint density at radius 1 is 1.31 bits per heavy atom. The van der Waals surface area contributed by atoms with Crippen LogP contribution in [0.25, 0.3) is 10.8 Å². The molecule has 0 aliphatic rings. The van der Waals surface area contributed by atoms with Gasteiger partial charge in [0.25, 0.3) is 5.91 Å².